The summed E-state index contributed by atoms with van der Waals surface area (Å²) in [5.74, 6) is 3.11. The molecule has 0 spiro atoms. The van der Waals surface area contributed by atoms with Gasteiger partial charge in [0.15, 0.2) is 0 Å². The van der Waals surface area contributed by atoms with Gasteiger partial charge in [-0.25, -0.2) is 9.37 Å². The van der Waals surface area contributed by atoms with Gasteiger partial charge in [-0.1, -0.05) is 0 Å². The highest BCUT2D eigenvalue weighted by atomic mass is 32.2. The average Bonchev–Trinajstić information content (AvgIpc) is 2.67. The Balaban J connectivity index is 1.89. The number of hydrogen-bond acceptors (Lipinski definition) is 3. The first-order chi connectivity index (χ1) is 8.74. The predicted octanol–water partition coefficient (Wildman–Crippen LogP) is 1.96. The minimum Gasteiger partial charge on any atom is -0.331 e. The fourth-order valence-corrected chi connectivity index (χ4v) is 3.33. The summed E-state index contributed by atoms with van der Waals surface area (Å²) in [5.41, 5.74) is 1.74. The molecule has 2 heterocycles. The maximum absolute atomic E-state index is 13.2. The number of nitrogens with one attached hydrogen (secondary N) is 1. The van der Waals surface area contributed by atoms with E-state index in [1.807, 2.05) is 18.8 Å². The van der Waals surface area contributed by atoms with Crippen molar-refractivity contribution in [2.45, 2.75) is 12.5 Å². The predicted molar refractivity (Wildman–Crippen MR) is 73.5 cm³/mol. The Morgan fingerprint density at radius 2 is 2.44 bits per heavy atom. The second-order valence-electron chi connectivity index (χ2n) is 4.65. The van der Waals surface area contributed by atoms with Crippen LogP contribution in [0.1, 0.15) is 5.82 Å². The second-order valence-corrected chi connectivity index (χ2v) is 5.80. The van der Waals surface area contributed by atoms with Crippen LogP contribution in [0.25, 0.3) is 11.0 Å². The Hall–Kier alpha value is -1.07. The van der Waals surface area contributed by atoms with Crippen molar-refractivity contribution in [1.29, 1.82) is 0 Å². The number of rotatable bonds is 2. The van der Waals surface area contributed by atoms with Crippen LogP contribution in [-0.2, 0) is 13.5 Å². The second kappa shape index (κ2) is 4.90. The lowest BCUT2D eigenvalue weighted by atomic mass is 10.2. The van der Waals surface area contributed by atoms with Crippen molar-refractivity contribution >= 4 is 22.8 Å². The van der Waals surface area contributed by atoms with Crippen molar-refractivity contribution in [2.24, 2.45) is 7.05 Å². The SMILES string of the molecule is Cn1c(CC2CSCCN2)nc2cc(F)ccc21. The molecule has 0 bridgehead atoms. The van der Waals surface area contributed by atoms with E-state index < -0.39 is 0 Å². The molecule has 3 rings (SSSR count). The van der Waals surface area contributed by atoms with Crippen LogP contribution in [0.2, 0.25) is 0 Å². The van der Waals surface area contributed by atoms with Crippen LogP contribution < -0.4 is 5.32 Å². The first kappa shape index (κ1) is 12.0. The molecule has 0 amide bonds. The summed E-state index contributed by atoms with van der Waals surface area (Å²) >= 11 is 1.98. The highest BCUT2D eigenvalue weighted by molar-refractivity contribution is 7.99. The van der Waals surface area contributed by atoms with Gasteiger partial charge in [-0.3, -0.25) is 0 Å². The maximum atomic E-state index is 13.2. The van der Waals surface area contributed by atoms with Gasteiger partial charge in [0.2, 0.25) is 0 Å². The third kappa shape index (κ3) is 2.24. The lowest BCUT2D eigenvalue weighted by molar-refractivity contribution is 0.543. The number of aromatic nitrogens is 2. The zero-order chi connectivity index (χ0) is 12.5. The molecule has 0 aliphatic carbocycles. The molecule has 1 aromatic heterocycles. The number of benzene rings is 1. The molecule has 1 aromatic carbocycles. The highest BCUT2D eigenvalue weighted by Gasteiger charge is 2.17. The van der Waals surface area contributed by atoms with Crippen LogP contribution in [0.4, 0.5) is 4.39 Å². The van der Waals surface area contributed by atoms with Gasteiger partial charge in [0.1, 0.15) is 11.6 Å². The lowest BCUT2D eigenvalue weighted by Crippen LogP contribution is -2.39. The van der Waals surface area contributed by atoms with Gasteiger partial charge in [-0.05, 0) is 12.1 Å². The Labute approximate surface area is 110 Å². The van der Waals surface area contributed by atoms with E-state index in [4.69, 9.17) is 0 Å². The highest BCUT2D eigenvalue weighted by Crippen LogP contribution is 2.18. The van der Waals surface area contributed by atoms with Crippen molar-refractivity contribution in [3.8, 4) is 0 Å². The van der Waals surface area contributed by atoms with Crippen molar-refractivity contribution in [3.63, 3.8) is 0 Å². The molecule has 1 unspecified atom stereocenters. The molecule has 0 radical (unpaired) electrons. The van der Waals surface area contributed by atoms with E-state index in [2.05, 4.69) is 14.9 Å². The van der Waals surface area contributed by atoms with Crippen LogP contribution in [0.15, 0.2) is 18.2 Å². The smallest absolute Gasteiger partial charge is 0.125 e. The zero-order valence-electron chi connectivity index (χ0n) is 10.3. The molecule has 1 fully saturated rings. The van der Waals surface area contributed by atoms with Crippen molar-refractivity contribution in [2.75, 3.05) is 18.1 Å². The Morgan fingerprint density at radius 1 is 1.56 bits per heavy atom. The fraction of sp³-hybridized carbons (Fsp3) is 0.462. The largest absolute Gasteiger partial charge is 0.331 e. The molecule has 5 heteroatoms. The molecule has 2 aromatic rings. The van der Waals surface area contributed by atoms with Gasteiger partial charge < -0.3 is 9.88 Å². The van der Waals surface area contributed by atoms with E-state index in [0.717, 1.165) is 35.6 Å². The Kier molecular flexibility index (Phi) is 3.26. The minimum absolute atomic E-state index is 0.224. The van der Waals surface area contributed by atoms with E-state index in [0.29, 0.717) is 6.04 Å². The first-order valence-corrected chi connectivity index (χ1v) is 7.31. The quantitative estimate of drug-likeness (QED) is 0.900. The van der Waals surface area contributed by atoms with Crippen LogP contribution in [-0.4, -0.2) is 33.6 Å². The van der Waals surface area contributed by atoms with Gasteiger partial charge in [-0.15, -0.1) is 0 Å². The number of hydrogen-bond donors (Lipinski definition) is 1. The molecule has 1 saturated heterocycles. The van der Waals surface area contributed by atoms with Gasteiger partial charge in [-0.2, -0.15) is 11.8 Å². The molecule has 1 aliphatic rings. The summed E-state index contributed by atoms with van der Waals surface area (Å²) in [7, 11) is 2.00. The van der Waals surface area contributed by atoms with E-state index >= 15 is 0 Å². The van der Waals surface area contributed by atoms with E-state index in [1.165, 1.54) is 17.9 Å². The minimum atomic E-state index is -0.224. The first-order valence-electron chi connectivity index (χ1n) is 6.16. The van der Waals surface area contributed by atoms with Gasteiger partial charge in [0, 0.05) is 43.6 Å². The molecule has 18 heavy (non-hydrogen) atoms. The number of nitrogens with zero attached hydrogens (tertiary/aromatic N) is 2. The van der Waals surface area contributed by atoms with E-state index in [9.17, 15) is 4.39 Å². The van der Waals surface area contributed by atoms with Crippen molar-refractivity contribution < 1.29 is 4.39 Å². The standard InChI is InChI=1S/C13H16FN3S/c1-17-12-3-2-9(14)6-11(12)16-13(17)7-10-8-18-5-4-15-10/h2-3,6,10,15H,4-5,7-8H2,1H3. The molecule has 0 saturated carbocycles. The summed E-state index contributed by atoms with van der Waals surface area (Å²) in [6.45, 7) is 1.06. The monoisotopic (exact) mass is 265 g/mol. The number of fused-ring (bicyclic) bond motifs is 1. The number of imidazole rings is 1. The molecule has 3 nitrogen and oxygen atoms in total. The van der Waals surface area contributed by atoms with Gasteiger partial charge >= 0.3 is 0 Å². The van der Waals surface area contributed by atoms with Crippen LogP contribution in [0.3, 0.4) is 0 Å². The van der Waals surface area contributed by atoms with Gasteiger partial charge in [0.05, 0.1) is 11.0 Å². The lowest BCUT2D eigenvalue weighted by Gasteiger charge is -2.22. The Morgan fingerprint density at radius 3 is 3.22 bits per heavy atom. The number of thioether (sulfide) groups is 1. The van der Waals surface area contributed by atoms with Crippen LogP contribution in [0.5, 0.6) is 0 Å². The topological polar surface area (TPSA) is 29.9 Å². The van der Waals surface area contributed by atoms with E-state index in [1.54, 1.807) is 6.07 Å². The summed E-state index contributed by atoms with van der Waals surface area (Å²) in [4.78, 5) is 4.54. The summed E-state index contributed by atoms with van der Waals surface area (Å²) in [6.07, 6.45) is 0.903. The molecule has 1 N–H and O–H groups in total. The molecule has 1 aliphatic heterocycles. The van der Waals surface area contributed by atoms with Gasteiger partial charge in [0.25, 0.3) is 0 Å². The zero-order valence-corrected chi connectivity index (χ0v) is 11.1. The number of aryl methyl sites for hydroxylation is 1. The molecule has 96 valence electrons. The molecule has 1 atom stereocenters. The summed E-state index contributed by atoms with van der Waals surface area (Å²) in [5, 5.41) is 3.50. The third-order valence-corrected chi connectivity index (χ3v) is 4.49. The van der Waals surface area contributed by atoms with Crippen molar-refractivity contribution in [3.05, 3.63) is 29.8 Å². The molecular weight excluding hydrogens is 249 g/mol. The average molecular weight is 265 g/mol. The normalized spacial score (nSPS) is 20.4. The fourth-order valence-electron chi connectivity index (χ4n) is 2.38. The number of halogens is 1. The van der Waals surface area contributed by atoms with E-state index in [-0.39, 0.29) is 5.82 Å². The summed E-state index contributed by atoms with van der Waals surface area (Å²) in [6, 6.07) is 5.26. The van der Waals surface area contributed by atoms with Crippen molar-refractivity contribution in [1.82, 2.24) is 14.9 Å². The maximum Gasteiger partial charge on any atom is 0.125 e. The Bertz CT molecular complexity index is 561. The van der Waals surface area contributed by atoms with Crippen LogP contribution >= 0.6 is 11.8 Å². The summed E-state index contributed by atoms with van der Waals surface area (Å²) < 4.78 is 15.2. The molecular formula is C13H16FN3S. The van der Waals surface area contributed by atoms with Crippen LogP contribution in [0, 0.1) is 5.82 Å². The third-order valence-electron chi connectivity index (χ3n) is 3.36.